The summed E-state index contributed by atoms with van der Waals surface area (Å²) >= 11 is 0. The SMILES string of the molecule is CC1(c2cccc(N(c3ccccc3-c3ccccc3)c3ccc4ccccc4c3-c3ccccc3)c2)c2ccccc2-c2ccccc21. The number of benzene rings is 8. The molecule has 1 heteroatoms. The summed E-state index contributed by atoms with van der Waals surface area (Å²) in [6, 6.07) is 70.8. The number of nitrogens with zero attached hydrogens (tertiary/aromatic N) is 1. The predicted molar refractivity (Wildman–Crippen MR) is 207 cm³/mol. The Hall–Kier alpha value is -6.18. The van der Waals surface area contributed by atoms with Gasteiger partial charge in [0.1, 0.15) is 0 Å². The Morgan fingerprint density at radius 3 is 1.69 bits per heavy atom. The van der Waals surface area contributed by atoms with Crippen LogP contribution in [0.5, 0.6) is 0 Å². The minimum atomic E-state index is -0.306. The standard InChI is InChI=1S/C48H35N/c1-48(43-28-13-10-26-41(43)42-27-11-14-29-44(42)48)37-22-16-23-38(33-37)49(45-30-15-12-24-39(45)34-17-4-2-5-18-34)46-32-31-35-19-8-9-25-40(35)47(46)36-20-6-3-7-21-36/h2-33H,1H3. The molecule has 9 rings (SSSR count). The lowest BCUT2D eigenvalue weighted by Crippen LogP contribution is -2.23. The molecule has 1 aliphatic rings. The molecule has 0 aliphatic heterocycles. The molecule has 0 fully saturated rings. The molecule has 0 spiro atoms. The van der Waals surface area contributed by atoms with E-state index in [0.717, 1.165) is 17.1 Å². The van der Waals surface area contributed by atoms with Crippen LogP contribution >= 0.6 is 0 Å². The molecule has 0 saturated carbocycles. The maximum absolute atomic E-state index is 2.48. The van der Waals surface area contributed by atoms with Crippen molar-refractivity contribution in [1.82, 2.24) is 0 Å². The Morgan fingerprint density at radius 1 is 0.408 bits per heavy atom. The molecule has 0 N–H and O–H groups in total. The van der Waals surface area contributed by atoms with E-state index in [-0.39, 0.29) is 5.41 Å². The average Bonchev–Trinajstić information content (AvgIpc) is 3.45. The van der Waals surface area contributed by atoms with E-state index in [1.165, 1.54) is 60.8 Å². The van der Waals surface area contributed by atoms with E-state index in [9.17, 15) is 0 Å². The summed E-state index contributed by atoms with van der Waals surface area (Å²) in [5.41, 5.74) is 14.5. The molecular formula is C48H35N. The van der Waals surface area contributed by atoms with Gasteiger partial charge in [0.05, 0.1) is 11.4 Å². The predicted octanol–water partition coefficient (Wildman–Crippen LogP) is 13.0. The van der Waals surface area contributed by atoms with Crippen LogP contribution in [0.25, 0.3) is 44.2 Å². The van der Waals surface area contributed by atoms with Gasteiger partial charge in [0.25, 0.3) is 0 Å². The molecule has 0 saturated heterocycles. The highest BCUT2D eigenvalue weighted by Crippen LogP contribution is 2.54. The van der Waals surface area contributed by atoms with Crippen molar-refractivity contribution in [3.63, 3.8) is 0 Å². The number of para-hydroxylation sites is 1. The highest BCUT2D eigenvalue weighted by molar-refractivity contribution is 6.06. The molecule has 0 heterocycles. The van der Waals surface area contributed by atoms with Gasteiger partial charge in [0.15, 0.2) is 0 Å². The Kier molecular flexibility index (Phi) is 6.99. The van der Waals surface area contributed by atoms with E-state index < -0.39 is 0 Å². The van der Waals surface area contributed by atoms with Gasteiger partial charge in [-0.05, 0) is 80.9 Å². The molecular weight excluding hydrogens is 591 g/mol. The average molecular weight is 626 g/mol. The Balaban J connectivity index is 1.34. The smallest absolute Gasteiger partial charge is 0.0546 e. The lowest BCUT2D eigenvalue weighted by Gasteiger charge is -2.33. The van der Waals surface area contributed by atoms with Gasteiger partial charge >= 0.3 is 0 Å². The minimum Gasteiger partial charge on any atom is -0.309 e. The largest absolute Gasteiger partial charge is 0.309 e. The zero-order chi connectivity index (χ0) is 32.8. The summed E-state index contributed by atoms with van der Waals surface area (Å²) in [6.45, 7) is 2.39. The van der Waals surface area contributed by atoms with Gasteiger partial charge in [0.2, 0.25) is 0 Å². The van der Waals surface area contributed by atoms with Crippen molar-refractivity contribution in [3.05, 3.63) is 211 Å². The number of anilines is 3. The fourth-order valence-corrected chi connectivity index (χ4v) is 8.01. The first kappa shape index (κ1) is 29.0. The van der Waals surface area contributed by atoms with E-state index in [1.54, 1.807) is 0 Å². The van der Waals surface area contributed by atoms with Crippen molar-refractivity contribution < 1.29 is 0 Å². The first-order valence-electron chi connectivity index (χ1n) is 17.0. The first-order valence-corrected chi connectivity index (χ1v) is 17.0. The zero-order valence-electron chi connectivity index (χ0n) is 27.4. The third kappa shape index (κ3) is 4.70. The molecule has 8 aromatic carbocycles. The van der Waals surface area contributed by atoms with Crippen molar-refractivity contribution in [2.24, 2.45) is 0 Å². The van der Waals surface area contributed by atoms with Crippen molar-refractivity contribution in [3.8, 4) is 33.4 Å². The van der Waals surface area contributed by atoms with Gasteiger partial charge in [0, 0.05) is 22.2 Å². The molecule has 232 valence electrons. The van der Waals surface area contributed by atoms with E-state index >= 15 is 0 Å². The molecule has 8 aromatic rings. The number of fused-ring (bicyclic) bond motifs is 4. The van der Waals surface area contributed by atoms with Gasteiger partial charge in [-0.3, -0.25) is 0 Å². The first-order chi connectivity index (χ1) is 24.2. The van der Waals surface area contributed by atoms with Gasteiger partial charge in [-0.2, -0.15) is 0 Å². The Morgan fingerprint density at radius 2 is 0.980 bits per heavy atom. The zero-order valence-corrected chi connectivity index (χ0v) is 27.4. The van der Waals surface area contributed by atoms with Crippen LogP contribution in [0.2, 0.25) is 0 Å². The summed E-state index contributed by atoms with van der Waals surface area (Å²) in [5, 5.41) is 2.46. The second kappa shape index (κ2) is 11.8. The quantitative estimate of drug-likeness (QED) is 0.178. The van der Waals surface area contributed by atoms with Crippen LogP contribution in [-0.2, 0) is 5.41 Å². The third-order valence-corrected chi connectivity index (χ3v) is 10.3. The van der Waals surface area contributed by atoms with Gasteiger partial charge in [-0.15, -0.1) is 0 Å². The lowest BCUT2D eigenvalue weighted by molar-refractivity contribution is 0.714. The molecule has 0 radical (unpaired) electrons. The van der Waals surface area contributed by atoms with Crippen molar-refractivity contribution in [2.45, 2.75) is 12.3 Å². The Bertz CT molecular complexity index is 2410. The second-order valence-corrected chi connectivity index (χ2v) is 13.0. The topological polar surface area (TPSA) is 3.24 Å². The van der Waals surface area contributed by atoms with E-state index in [4.69, 9.17) is 0 Å². The molecule has 0 amide bonds. The number of hydrogen-bond donors (Lipinski definition) is 0. The summed E-state index contributed by atoms with van der Waals surface area (Å²) in [6.07, 6.45) is 0. The van der Waals surface area contributed by atoms with E-state index in [1.807, 2.05) is 0 Å². The van der Waals surface area contributed by atoms with Crippen LogP contribution in [0.15, 0.2) is 194 Å². The molecule has 0 bridgehead atoms. The lowest BCUT2D eigenvalue weighted by atomic mass is 9.74. The van der Waals surface area contributed by atoms with Crippen molar-refractivity contribution >= 4 is 27.8 Å². The van der Waals surface area contributed by atoms with Gasteiger partial charge < -0.3 is 4.90 Å². The molecule has 0 aromatic heterocycles. The highest BCUT2D eigenvalue weighted by atomic mass is 15.1. The van der Waals surface area contributed by atoms with E-state index in [0.29, 0.717) is 0 Å². The molecule has 0 unspecified atom stereocenters. The molecule has 1 aliphatic carbocycles. The van der Waals surface area contributed by atoms with Crippen molar-refractivity contribution in [1.29, 1.82) is 0 Å². The van der Waals surface area contributed by atoms with Crippen LogP contribution in [-0.4, -0.2) is 0 Å². The maximum Gasteiger partial charge on any atom is 0.0546 e. The van der Waals surface area contributed by atoms with Gasteiger partial charge in [-0.1, -0.05) is 170 Å². The van der Waals surface area contributed by atoms with Crippen LogP contribution < -0.4 is 4.90 Å². The summed E-state index contributed by atoms with van der Waals surface area (Å²) in [7, 11) is 0. The third-order valence-electron chi connectivity index (χ3n) is 10.3. The second-order valence-electron chi connectivity index (χ2n) is 13.0. The fourth-order valence-electron chi connectivity index (χ4n) is 8.01. The highest BCUT2D eigenvalue weighted by Gasteiger charge is 2.40. The summed E-state index contributed by atoms with van der Waals surface area (Å²) in [4.78, 5) is 2.48. The van der Waals surface area contributed by atoms with E-state index in [2.05, 4.69) is 206 Å². The van der Waals surface area contributed by atoms with Crippen molar-refractivity contribution in [2.75, 3.05) is 4.90 Å². The monoisotopic (exact) mass is 625 g/mol. The Labute approximate surface area is 288 Å². The molecule has 0 atom stereocenters. The van der Waals surface area contributed by atoms with Crippen LogP contribution in [0.1, 0.15) is 23.6 Å². The number of hydrogen-bond acceptors (Lipinski definition) is 1. The van der Waals surface area contributed by atoms with Gasteiger partial charge in [-0.25, -0.2) is 0 Å². The molecule has 1 nitrogen and oxygen atoms in total. The van der Waals surface area contributed by atoms with Crippen LogP contribution in [0.4, 0.5) is 17.1 Å². The fraction of sp³-hybridized carbons (Fsp3) is 0.0417. The van der Waals surface area contributed by atoms with Crippen LogP contribution in [0, 0.1) is 0 Å². The molecule has 49 heavy (non-hydrogen) atoms. The minimum absolute atomic E-state index is 0.306. The normalized spacial score (nSPS) is 12.8. The summed E-state index contributed by atoms with van der Waals surface area (Å²) in [5.74, 6) is 0. The summed E-state index contributed by atoms with van der Waals surface area (Å²) < 4.78 is 0. The maximum atomic E-state index is 2.48. The number of rotatable bonds is 6. The van der Waals surface area contributed by atoms with Crippen LogP contribution in [0.3, 0.4) is 0 Å².